The summed E-state index contributed by atoms with van der Waals surface area (Å²) in [5.41, 5.74) is 5.93. The third kappa shape index (κ3) is 9.54. The van der Waals surface area contributed by atoms with Crippen molar-refractivity contribution in [1.29, 1.82) is 0 Å². The summed E-state index contributed by atoms with van der Waals surface area (Å²) in [5, 5.41) is 38.9. The van der Waals surface area contributed by atoms with Gasteiger partial charge in [-0.1, -0.05) is 0 Å². The van der Waals surface area contributed by atoms with Crippen LogP contribution in [0, 0.1) is 5.92 Å². The molecule has 0 spiro atoms. The molecule has 3 heterocycles. The maximum absolute atomic E-state index is 13.5. The molecule has 46 heavy (non-hydrogen) atoms. The Morgan fingerprint density at radius 2 is 1.65 bits per heavy atom. The van der Waals surface area contributed by atoms with Crippen LogP contribution in [0.25, 0.3) is 0 Å². The number of unbranched alkanes of at least 4 members (excludes halogenated alkanes) is 1. The predicted molar refractivity (Wildman–Crippen MR) is 158 cm³/mol. The fourth-order valence-electron chi connectivity index (χ4n) is 5.56. The first kappa shape index (κ1) is 36.1. The molecular weight excluding hydrogens is 608 g/mol. The minimum Gasteiger partial charge on any atom is -0.480 e. The number of imidazole rings is 1. The number of carbonyl (C=O) groups is 7. The molecule has 0 radical (unpaired) electrons. The normalized spacial score (nSPS) is 19.7. The molecule has 2 aliphatic heterocycles. The summed E-state index contributed by atoms with van der Waals surface area (Å²) >= 11 is 0. The summed E-state index contributed by atoms with van der Waals surface area (Å²) < 4.78 is 0. The van der Waals surface area contributed by atoms with Gasteiger partial charge in [-0.05, 0) is 58.0 Å². The number of likely N-dealkylation sites (tertiary alicyclic amines) is 1. The molecule has 0 aliphatic carbocycles. The van der Waals surface area contributed by atoms with Gasteiger partial charge in [-0.25, -0.2) is 4.98 Å². The van der Waals surface area contributed by atoms with Crippen molar-refractivity contribution in [3.8, 4) is 0 Å². The van der Waals surface area contributed by atoms with Gasteiger partial charge in [0.25, 0.3) is 0 Å². The first-order valence-electron chi connectivity index (χ1n) is 15.2. The molecule has 3 rings (SSSR count). The number of nitrogens with zero attached hydrogens (tertiary/aromatic N) is 2. The number of H-pyrrole nitrogens is 1. The fourth-order valence-corrected chi connectivity index (χ4v) is 5.56. The number of ketones is 1. The highest BCUT2D eigenvalue weighted by Crippen LogP contribution is 2.21. The van der Waals surface area contributed by atoms with Gasteiger partial charge in [-0.3, -0.25) is 33.6 Å². The molecule has 2 aliphatic rings. The van der Waals surface area contributed by atoms with Gasteiger partial charge in [0.15, 0.2) is 5.78 Å². The number of carboxylic acids is 2. The Hall–Kier alpha value is -4.42. The number of aromatic amines is 1. The first-order chi connectivity index (χ1) is 22.0. The third-order valence-corrected chi connectivity index (χ3v) is 8.01. The van der Waals surface area contributed by atoms with Gasteiger partial charge in [-0.2, -0.15) is 0 Å². The Balaban J connectivity index is 1.74. The van der Waals surface area contributed by atoms with Crippen molar-refractivity contribution >= 4 is 41.4 Å². The van der Waals surface area contributed by atoms with Crippen molar-refractivity contribution < 1.29 is 48.9 Å². The van der Waals surface area contributed by atoms with E-state index >= 15 is 0 Å². The number of amides is 4. The SMILES string of the molecule is NCCCC[C@H](NC(=O)[C@H](CO)NC(=O)[C@H](Cc1cnc[nH]1)NC(=O)[C@@H]1CCCN1C(=O)[C@@H]1CCCN1)C(=O)C(C(=O)O)C(=O)O. The molecule has 2 fully saturated rings. The van der Waals surface area contributed by atoms with Gasteiger partial charge >= 0.3 is 11.9 Å². The van der Waals surface area contributed by atoms with Gasteiger partial charge in [0, 0.05) is 24.9 Å². The quantitative estimate of drug-likeness (QED) is 0.0554. The minimum atomic E-state index is -2.45. The fraction of sp³-hybridized carbons (Fsp3) is 0.643. The predicted octanol–water partition coefficient (Wildman–Crippen LogP) is -3.37. The molecule has 0 unspecified atom stereocenters. The minimum absolute atomic E-state index is 0.0959. The Kier molecular flexibility index (Phi) is 13.6. The number of rotatable bonds is 18. The molecular formula is C28H42N8O10. The van der Waals surface area contributed by atoms with Crippen LogP contribution in [0.5, 0.6) is 0 Å². The van der Waals surface area contributed by atoms with E-state index in [0.29, 0.717) is 44.5 Å². The van der Waals surface area contributed by atoms with Crippen LogP contribution in [0.3, 0.4) is 0 Å². The number of aliphatic carboxylic acids is 2. The summed E-state index contributed by atoms with van der Waals surface area (Å²) in [6.45, 7) is 0.357. The van der Waals surface area contributed by atoms with E-state index in [2.05, 4.69) is 31.2 Å². The molecule has 5 atom stereocenters. The molecule has 254 valence electrons. The van der Waals surface area contributed by atoms with Crippen LogP contribution in [-0.2, 0) is 40.0 Å². The third-order valence-electron chi connectivity index (χ3n) is 8.01. The Morgan fingerprint density at radius 1 is 0.957 bits per heavy atom. The van der Waals surface area contributed by atoms with Gasteiger partial charge in [0.2, 0.25) is 29.5 Å². The summed E-state index contributed by atoms with van der Waals surface area (Å²) in [6, 6.07) is -5.72. The van der Waals surface area contributed by atoms with Gasteiger partial charge in [0.05, 0.1) is 25.0 Å². The van der Waals surface area contributed by atoms with Crippen LogP contribution < -0.4 is 27.0 Å². The number of nitrogens with one attached hydrogen (secondary N) is 5. The van der Waals surface area contributed by atoms with Crippen molar-refractivity contribution in [2.45, 2.75) is 81.6 Å². The molecule has 0 aromatic carbocycles. The van der Waals surface area contributed by atoms with E-state index in [1.807, 2.05) is 0 Å². The largest absolute Gasteiger partial charge is 0.480 e. The van der Waals surface area contributed by atoms with Crippen molar-refractivity contribution in [2.24, 2.45) is 11.7 Å². The molecule has 0 bridgehead atoms. The highest BCUT2D eigenvalue weighted by Gasteiger charge is 2.41. The number of nitrogens with two attached hydrogens (primary N) is 1. The number of hydrogen-bond donors (Lipinski definition) is 9. The molecule has 18 heteroatoms. The Morgan fingerprint density at radius 3 is 2.24 bits per heavy atom. The smallest absolute Gasteiger partial charge is 0.325 e. The second-order valence-electron chi connectivity index (χ2n) is 11.3. The maximum Gasteiger partial charge on any atom is 0.325 e. The lowest BCUT2D eigenvalue weighted by Gasteiger charge is -2.29. The van der Waals surface area contributed by atoms with Crippen LogP contribution in [0.4, 0.5) is 0 Å². The van der Waals surface area contributed by atoms with E-state index in [1.54, 1.807) is 0 Å². The van der Waals surface area contributed by atoms with Crippen LogP contribution in [-0.4, -0.2) is 128 Å². The molecule has 4 amide bonds. The summed E-state index contributed by atoms with van der Waals surface area (Å²) in [7, 11) is 0. The number of aliphatic hydroxyl groups excluding tert-OH is 1. The molecule has 1 aromatic rings. The second-order valence-corrected chi connectivity index (χ2v) is 11.3. The van der Waals surface area contributed by atoms with Crippen LogP contribution >= 0.6 is 0 Å². The number of carbonyl (C=O) groups excluding carboxylic acids is 5. The molecule has 1 aromatic heterocycles. The standard InChI is InChI=1S/C28H42N8O10/c29-8-2-1-5-16(22(38)21(27(43)44)28(45)46)33-24(40)19(13-37)35-23(39)18(11-15-12-30-14-32-15)34-25(41)20-7-4-10-36(20)26(42)17-6-3-9-31-17/h12,14,16-21,31,37H,1-11,13,29H2,(H,30,32)(H,33,40)(H,34,41)(H,35,39)(H,43,44)(H,45,46)/t16-,17-,18-,19-,20-/m0/s1. The second kappa shape index (κ2) is 17.3. The molecule has 18 nitrogen and oxygen atoms in total. The maximum atomic E-state index is 13.5. The van der Waals surface area contributed by atoms with Crippen molar-refractivity contribution in [3.05, 3.63) is 18.2 Å². The Labute approximate surface area is 264 Å². The summed E-state index contributed by atoms with van der Waals surface area (Å²) in [4.78, 5) is 97.0. The number of carboxylic acid groups (broad SMARTS) is 2. The van der Waals surface area contributed by atoms with Gasteiger partial charge in [-0.15, -0.1) is 0 Å². The van der Waals surface area contributed by atoms with Crippen molar-refractivity contribution in [3.63, 3.8) is 0 Å². The average molecular weight is 651 g/mol. The van der Waals surface area contributed by atoms with Crippen molar-refractivity contribution in [2.75, 3.05) is 26.2 Å². The lowest BCUT2D eigenvalue weighted by Crippen LogP contribution is -2.59. The Bertz CT molecular complexity index is 1240. The van der Waals surface area contributed by atoms with Gasteiger partial charge < -0.3 is 52.2 Å². The van der Waals surface area contributed by atoms with E-state index in [-0.39, 0.29) is 37.8 Å². The molecule has 2 saturated heterocycles. The summed E-state index contributed by atoms with van der Waals surface area (Å²) in [6.07, 6.45) is 5.67. The topological polar surface area (TPSA) is 286 Å². The zero-order valence-electron chi connectivity index (χ0n) is 25.3. The average Bonchev–Trinajstić information content (AvgIpc) is 3.81. The molecule has 0 saturated carbocycles. The van der Waals surface area contributed by atoms with Crippen molar-refractivity contribution in [1.82, 2.24) is 36.1 Å². The van der Waals surface area contributed by atoms with E-state index in [0.717, 1.165) is 6.42 Å². The van der Waals surface area contributed by atoms with Gasteiger partial charge in [0.1, 0.15) is 18.1 Å². The van der Waals surface area contributed by atoms with Crippen LogP contribution in [0.1, 0.15) is 50.6 Å². The van der Waals surface area contributed by atoms with E-state index < -0.39 is 72.1 Å². The number of hydrogen-bond acceptors (Lipinski definition) is 11. The molecule has 10 N–H and O–H groups in total. The highest BCUT2D eigenvalue weighted by atomic mass is 16.4. The zero-order valence-corrected chi connectivity index (χ0v) is 25.3. The summed E-state index contributed by atoms with van der Waals surface area (Å²) in [5.74, 6) is -10.3. The lowest BCUT2D eigenvalue weighted by atomic mass is 9.94. The van der Waals surface area contributed by atoms with E-state index in [1.165, 1.54) is 17.4 Å². The zero-order chi connectivity index (χ0) is 33.8. The first-order valence-corrected chi connectivity index (χ1v) is 15.2. The van der Waals surface area contributed by atoms with E-state index in [9.17, 15) is 48.9 Å². The number of aromatic nitrogens is 2. The number of aliphatic hydroxyl groups is 1. The van der Waals surface area contributed by atoms with Crippen LogP contribution in [0.2, 0.25) is 0 Å². The number of Topliss-reactive ketones (excluding diaryl/α,β-unsaturated/α-hetero) is 1. The van der Waals surface area contributed by atoms with Crippen LogP contribution in [0.15, 0.2) is 12.5 Å². The lowest BCUT2D eigenvalue weighted by molar-refractivity contribution is -0.159. The highest BCUT2D eigenvalue weighted by molar-refractivity contribution is 6.16. The van der Waals surface area contributed by atoms with E-state index in [4.69, 9.17) is 5.73 Å². The monoisotopic (exact) mass is 650 g/mol.